The Hall–Kier alpha value is -2.24. The van der Waals surface area contributed by atoms with Crippen molar-refractivity contribution < 1.29 is 19.4 Å². The summed E-state index contributed by atoms with van der Waals surface area (Å²) < 4.78 is 5.29. The van der Waals surface area contributed by atoms with Crippen LogP contribution >= 0.6 is 0 Å². The SMILES string of the molecule is O=C(NCCCCCCNC(=O)c1cccc(O)c1)OCC1CCCCC1. The largest absolute Gasteiger partial charge is 0.508 e. The first kappa shape index (κ1) is 21.1. The average molecular weight is 376 g/mol. The summed E-state index contributed by atoms with van der Waals surface area (Å²) in [6.07, 6.45) is 9.62. The lowest BCUT2D eigenvalue weighted by molar-refractivity contribution is 0.0952. The van der Waals surface area contributed by atoms with E-state index < -0.39 is 0 Å². The van der Waals surface area contributed by atoms with Crippen molar-refractivity contribution in [1.82, 2.24) is 10.6 Å². The Bertz CT molecular complexity index is 585. The molecule has 1 fully saturated rings. The zero-order valence-electron chi connectivity index (χ0n) is 16.0. The van der Waals surface area contributed by atoms with Crippen LogP contribution in [0.5, 0.6) is 5.75 Å². The molecule has 0 aromatic heterocycles. The number of hydrogen-bond donors (Lipinski definition) is 3. The topological polar surface area (TPSA) is 87.7 Å². The van der Waals surface area contributed by atoms with Gasteiger partial charge >= 0.3 is 6.09 Å². The lowest BCUT2D eigenvalue weighted by Crippen LogP contribution is -2.28. The summed E-state index contributed by atoms with van der Waals surface area (Å²) in [6, 6.07) is 6.32. The highest BCUT2D eigenvalue weighted by Crippen LogP contribution is 2.23. The summed E-state index contributed by atoms with van der Waals surface area (Å²) in [5, 5.41) is 15.0. The maximum atomic E-state index is 11.9. The summed E-state index contributed by atoms with van der Waals surface area (Å²) in [5.41, 5.74) is 0.464. The Balaban J connectivity index is 1.42. The molecule has 0 bridgehead atoms. The zero-order chi connectivity index (χ0) is 19.3. The highest BCUT2D eigenvalue weighted by Gasteiger charge is 2.15. The minimum Gasteiger partial charge on any atom is -0.508 e. The van der Waals surface area contributed by atoms with E-state index >= 15 is 0 Å². The van der Waals surface area contributed by atoms with Crippen LogP contribution < -0.4 is 10.6 Å². The molecule has 1 saturated carbocycles. The molecule has 1 aliphatic rings. The number of aromatic hydroxyl groups is 1. The van der Waals surface area contributed by atoms with Crippen LogP contribution in [0.3, 0.4) is 0 Å². The molecular weight excluding hydrogens is 344 g/mol. The molecule has 0 radical (unpaired) electrons. The standard InChI is InChI=1S/C21H32N2O4/c24-19-12-8-11-18(15-19)20(25)22-13-6-1-2-7-14-23-21(26)27-16-17-9-4-3-5-10-17/h8,11-12,15,17,24H,1-7,9-10,13-14,16H2,(H,22,25)(H,23,26). The predicted octanol–water partition coefficient (Wildman–Crippen LogP) is 3.99. The Morgan fingerprint density at radius 2 is 1.70 bits per heavy atom. The lowest BCUT2D eigenvalue weighted by atomic mass is 9.90. The molecule has 0 aliphatic heterocycles. The number of carbonyl (C=O) groups excluding carboxylic acids is 2. The van der Waals surface area contributed by atoms with Gasteiger partial charge < -0.3 is 20.5 Å². The van der Waals surface area contributed by atoms with E-state index in [1.165, 1.54) is 44.2 Å². The zero-order valence-corrected chi connectivity index (χ0v) is 16.0. The average Bonchev–Trinajstić information content (AvgIpc) is 2.69. The Labute approximate surface area is 161 Å². The maximum absolute atomic E-state index is 11.9. The van der Waals surface area contributed by atoms with Crippen molar-refractivity contribution in [2.24, 2.45) is 5.92 Å². The molecule has 3 N–H and O–H groups in total. The predicted molar refractivity (Wildman–Crippen MR) is 105 cm³/mol. The summed E-state index contributed by atoms with van der Waals surface area (Å²) in [5.74, 6) is 0.459. The second-order valence-corrected chi connectivity index (χ2v) is 7.25. The molecule has 0 atom stereocenters. The number of phenolic OH excluding ortho intramolecular Hbond substituents is 1. The molecule has 0 spiro atoms. The van der Waals surface area contributed by atoms with E-state index in [-0.39, 0.29) is 17.7 Å². The molecule has 0 saturated heterocycles. The van der Waals surface area contributed by atoms with E-state index in [1.807, 2.05) is 0 Å². The van der Waals surface area contributed by atoms with Crippen molar-refractivity contribution >= 4 is 12.0 Å². The number of alkyl carbamates (subject to hydrolysis) is 1. The number of unbranched alkanes of at least 4 members (excludes halogenated alkanes) is 3. The third kappa shape index (κ3) is 8.80. The number of phenols is 1. The number of hydrogen-bond acceptors (Lipinski definition) is 4. The normalized spacial score (nSPS) is 14.5. The minimum atomic E-state index is -0.307. The molecule has 6 heteroatoms. The molecule has 1 aromatic carbocycles. The van der Waals surface area contributed by atoms with Crippen molar-refractivity contribution in [3.05, 3.63) is 29.8 Å². The fourth-order valence-electron chi connectivity index (χ4n) is 3.34. The molecule has 1 aromatic rings. The number of amides is 2. The van der Waals surface area contributed by atoms with Gasteiger partial charge in [0.25, 0.3) is 5.91 Å². The molecule has 0 heterocycles. The van der Waals surface area contributed by atoms with Gasteiger partial charge in [-0.3, -0.25) is 4.79 Å². The number of ether oxygens (including phenoxy) is 1. The number of rotatable bonds is 10. The molecule has 1 aliphatic carbocycles. The van der Waals surface area contributed by atoms with Crippen molar-refractivity contribution in [2.75, 3.05) is 19.7 Å². The fourth-order valence-corrected chi connectivity index (χ4v) is 3.34. The molecule has 150 valence electrons. The van der Waals surface area contributed by atoms with Gasteiger partial charge in [0.15, 0.2) is 0 Å². The van der Waals surface area contributed by atoms with Gasteiger partial charge in [-0.05, 0) is 49.8 Å². The molecule has 0 unspecified atom stereocenters. The second-order valence-electron chi connectivity index (χ2n) is 7.25. The third-order valence-electron chi connectivity index (χ3n) is 4.94. The molecule has 2 amide bonds. The van der Waals surface area contributed by atoms with Crippen LogP contribution in [0.15, 0.2) is 24.3 Å². The van der Waals surface area contributed by atoms with Crippen LogP contribution in [0.1, 0.15) is 68.1 Å². The molecular formula is C21H32N2O4. The summed E-state index contributed by atoms with van der Waals surface area (Å²) in [6.45, 7) is 1.77. The van der Waals surface area contributed by atoms with Gasteiger partial charge in [-0.15, -0.1) is 0 Å². The van der Waals surface area contributed by atoms with Crippen LogP contribution in [-0.4, -0.2) is 36.8 Å². The van der Waals surface area contributed by atoms with Crippen LogP contribution in [0.4, 0.5) is 4.79 Å². The molecule has 6 nitrogen and oxygen atoms in total. The van der Waals surface area contributed by atoms with E-state index in [0.717, 1.165) is 25.7 Å². The Morgan fingerprint density at radius 3 is 2.41 bits per heavy atom. The Morgan fingerprint density at radius 1 is 1.00 bits per heavy atom. The monoisotopic (exact) mass is 376 g/mol. The fraction of sp³-hybridized carbons (Fsp3) is 0.619. The van der Waals surface area contributed by atoms with Gasteiger partial charge in [0.2, 0.25) is 0 Å². The van der Waals surface area contributed by atoms with E-state index in [9.17, 15) is 14.7 Å². The quantitative estimate of drug-likeness (QED) is 0.539. The van der Waals surface area contributed by atoms with E-state index in [4.69, 9.17) is 4.74 Å². The van der Waals surface area contributed by atoms with E-state index in [2.05, 4.69) is 10.6 Å². The van der Waals surface area contributed by atoms with Crippen molar-refractivity contribution in [2.45, 2.75) is 57.8 Å². The lowest BCUT2D eigenvalue weighted by Gasteiger charge is -2.21. The van der Waals surface area contributed by atoms with Gasteiger partial charge in [0, 0.05) is 18.7 Å². The number of nitrogens with one attached hydrogen (secondary N) is 2. The van der Waals surface area contributed by atoms with Gasteiger partial charge in [-0.2, -0.15) is 0 Å². The first-order valence-electron chi connectivity index (χ1n) is 10.1. The highest BCUT2D eigenvalue weighted by atomic mass is 16.5. The van der Waals surface area contributed by atoms with E-state index in [0.29, 0.717) is 31.2 Å². The second kappa shape index (κ2) is 12.2. The van der Waals surface area contributed by atoms with Gasteiger partial charge in [0.05, 0.1) is 6.61 Å². The van der Waals surface area contributed by atoms with Gasteiger partial charge in [-0.25, -0.2) is 4.79 Å². The highest BCUT2D eigenvalue weighted by molar-refractivity contribution is 5.94. The molecule has 2 rings (SSSR count). The van der Waals surface area contributed by atoms with Gasteiger partial charge in [0.1, 0.15) is 5.75 Å². The van der Waals surface area contributed by atoms with Crippen molar-refractivity contribution in [3.63, 3.8) is 0 Å². The van der Waals surface area contributed by atoms with E-state index in [1.54, 1.807) is 12.1 Å². The summed E-state index contributed by atoms with van der Waals surface area (Å²) in [7, 11) is 0. The number of benzene rings is 1. The van der Waals surface area contributed by atoms with Crippen LogP contribution in [0, 0.1) is 5.92 Å². The van der Waals surface area contributed by atoms with Crippen molar-refractivity contribution in [3.8, 4) is 5.75 Å². The summed E-state index contributed by atoms with van der Waals surface area (Å²) >= 11 is 0. The van der Waals surface area contributed by atoms with Crippen LogP contribution in [0.2, 0.25) is 0 Å². The number of carbonyl (C=O) groups is 2. The summed E-state index contributed by atoms with van der Waals surface area (Å²) in [4.78, 5) is 23.6. The minimum absolute atomic E-state index is 0.0902. The smallest absolute Gasteiger partial charge is 0.407 e. The molecule has 27 heavy (non-hydrogen) atoms. The third-order valence-corrected chi connectivity index (χ3v) is 4.94. The van der Waals surface area contributed by atoms with Crippen LogP contribution in [-0.2, 0) is 4.74 Å². The Kier molecular flexibility index (Phi) is 9.52. The van der Waals surface area contributed by atoms with Gasteiger partial charge in [-0.1, -0.05) is 38.2 Å². The first-order valence-corrected chi connectivity index (χ1v) is 10.1. The first-order chi connectivity index (χ1) is 13.1. The van der Waals surface area contributed by atoms with Crippen LogP contribution in [0.25, 0.3) is 0 Å². The maximum Gasteiger partial charge on any atom is 0.407 e. The van der Waals surface area contributed by atoms with Crippen molar-refractivity contribution in [1.29, 1.82) is 0 Å².